The Bertz CT molecular complexity index is 1370. The van der Waals surface area contributed by atoms with Crippen LogP contribution >= 0.6 is 23.1 Å². The van der Waals surface area contributed by atoms with Crippen molar-refractivity contribution in [3.8, 4) is 0 Å². The first-order valence-corrected chi connectivity index (χ1v) is 11.3. The van der Waals surface area contributed by atoms with Crippen molar-refractivity contribution in [2.24, 2.45) is 5.10 Å². The first-order valence-electron chi connectivity index (χ1n) is 9.66. The van der Waals surface area contributed by atoms with Crippen molar-refractivity contribution < 1.29 is 9.21 Å². The van der Waals surface area contributed by atoms with Gasteiger partial charge in [-0.25, -0.2) is 10.4 Å². The first-order chi connectivity index (χ1) is 15.2. The molecule has 152 valence electrons. The van der Waals surface area contributed by atoms with Crippen molar-refractivity contribution in [3.63, 3.8) is 0 Å². The normalized spacial score (nSPS) is 11.5. The van der Waals surface area contributed by atoms with Gasteiger partial charge in [-0.15, -0.1) is 11.3 Å². The molecule has 2 aromatic heterocycles. The second kappa shape index (κ2) is 8.75. The fourth-order valence-electron chi connectivity index (χ4n) is 3.27. The Morgan fingerprint density at radius 2 is 1.87 bits per heavy atom. The van der Waals surface area contributed by atoms with Crippen LogP contribution in [0.4, 0.5) is 0 Å². The highest BCUT2D eigenvalue weighted by atomic mass is 32.2. The summed E-state index contributed by atoms with van der Waals surface area (Å²) >= 11 is 3.09. The standard InChI is InChI=1S/C24H17N3O2S2/c28-22(14-17-8-5-7-16-6-1-2-9-19(16)17)27-25-15-18-12-13-23(29-18)31-24-26-20-10-3-4-11-21(20)30-24/h1-13,15H,14H2,(H,27,28). The van der Waals surface area contributed by atoms with E-state index in [1.807, 2.05) is 72.8 Å². The van der Waals surface area contributed by atoms with Crippen LogP contribution in [-0.4, -0.2) is 17.1 Å². The maximum atomic E-state index is 12.3. The average molecular weight is 444 g/mol. The van der Waals surface area contributed by atoms with E-state index in [-0.39, 0.29) is 12.3 Å². The lowest BCUT2D eigenvalue weighted by Crippen LogP contribution is -2.19. The van der Waals surface area contributed by atoms with Crippen LogP contribution in [-0.2, 0) is 11.2 Å². The molecule has 5 nitrogen and oxygen atoms in total. The molecule has 0 saturated carbocycles. The second-order valence-electron chi connectivity index (χ2n) is 6.81. The van der Waals surface area contributed by atoms with Gasteiger partial charge in [0.1, 0.15) is 5.76 Å². The molecule has 3 aromatic carbocycles. The van der Waals surface area contributed by atoms with Gasteiger partial charge in [-0.1, -0.05) is 54.6 Å². The van der Waals surface area contributed by atoms with E-state index in [1.54, 1.807) is 11.3 Å². The third-order valence-corrected chi connectivity index (χ3v) is 6.69. The van der Waals surface area contributed by atoms with Crippen LogP contribution < -0.4 is 5.43 Å². The van der Waals surface area contributed by atoms with Gasteiger partial charge < -0.3 is 4.42 Å². The van der Waals surface area contributed by atoms with Crippen molar-refractivity contribution in [1.82, 2.24) is 10.4 Å². The van der Waals surface area contributed by atoms with Crippen LogP contribution in [0.15, 0.2) is 97.8 Å². The first kappa shape index (κ1) is 19.5. The highest BCUT2D eigenvalue weighted by molar-refractivity contribution is 8.01. The number of hydrogen-bond donors (Lipinski definition) is 1. The third-order valence-electron chi connectivity index (χ3n) is 4.68. The van der Waals surface area contributed by atoms with Crippen molar-refractivity contribution in [2.75, 3.05) is 0 Å². The fourth-order valence-corrected chi connectivity index (χ4v) is 5.24. The van der Waals surface area contributed by atoms with Gasteiger partial charge in [-0.2, -0.15) is 5.10 Å². The quantitative estimate of drug-likeness (QED) is 0.263. The maximum Gasteiger partial charge on any atom is 0.244 e. The average Bonchev–Trinajstić information content (AvgIpc) is 3.40. The molecular weight excluding hydrogens is 426 g/mol. The van der Waals surface area contributed by atoms with Crippen LogP contribution in [0, 0.1) is 0 Å². The van der Waals surface area contributed by atoms with Crippen molar-refractivity contribution >= 4 is 56.2 Å². The van der Waals surface area contributed by atoms with Crippen molar-refractivity contribution in [3.05, 3.63) is 90.2 Å². The van der Waals surface area contributed by atoms with Gasteiger partial charge in [-0.3, -0.25) is 4.79 Å². The van der Waals surface area contributed by atoms with Gasteiger partial charge >= 0.3 is 0 Å². The van der Waals surface area contributed by atoms with E-state index in [1.165, 1.54) is 18.0 Å². The van der Waals surface area contributed by atoms with E-state index in [0.717, 1.165) is 36.0 Å². The van der Waals surface area contributed by atoms with Crippen LogP contribution in [0.1, 0.15) is 11.3 Å². The van der Waals surface area contributed by atoms with Gasteiger partial charge in [0.2, 0.25) is 5.91 Å². The summed E-state index contributed by atoms with van der Waals surface area (Å²) in [6, 6.07) is 25.7. The summed E-state index contributed by atoms with van der Waals surface area (Å²) in [6.07, 6.45) is 1.76. The summed E-state index contributed by atoms with van der Waals surface area (Å²) in [6.45, 7) is 0. The molecule has 1 N–H and O–H groups in total. The van der Waals surface area contributed by atoms with Gasteiger partial charge in [0.25, 0.3) is 0 Å². The molecule has 31 heavy (non-hydrogen) atoms. The van der Waals surface area contributed by atoms with Crippen molar-refractivity contribution in [1.29, 1.82) is 0 Å². The number of para-hydroxylation sites is 1. The molecule has 5 aromatic rings. The minimum absolute atomic E-state index is 0.178. The third kappa shape index (κ3) is 4.52. The number of hydrazone groups is 1. The Morgan fingerprint density at radius 1 is 1.03 bits per heavy atom. The number of carbonyl (C=O) groups excluding carboxylic acids is 1. The zero-order valence-corrected chi connectivity index (χ0v) is 18.0. The predicted octanol–water partition coefficient (Wildman–Crippen LogP) is 5.89. The largest absolute Gasteiger partial charge is 0.448 e. The molecule has 0 unspecified atom stereocenters. The molecule has 7 heteroatoms. The van der Waals surface area contributed by atoms with E-state index in [0.29, 0.717) is 5.76 Å². The molecular formula is C24H17N3O2S2. The van der Waals surface area contributed by atoms with Gasteiger partial charge in [-0.05, 0) is 52.4 Å². The molecule has 0 aliphatic carbocycles. The minimum Gasteiger partial charge on any atom is -0.448 e. The zero-order valence-electron chi connectivity index (χ0n) is 16.3. The number of benzene rings is 3. The molecule has 5 rings (SSSR count). The molecule has 0 aliphatic rings. The smallest absolute Gasteiger partial charge is 0.244 e. The molecule has 0 spiro atoms. The lowest BCUT2D eigenvalue weighted by atomic mass is 10.0. The van der Waals surface area contributed by atoms with E-state index in [9.17, 15) is 4.79 Å². The molecule has 0 aliphatic heterocycles. The lowest BCUT2D eigenvalue weighted by molar-refractivity contribution is -0.120. The van der Waals surface area contributed by atoms with Crippen LogP contribution in [0.5, 0.6) is 0 Å². The van der Waals surface area contributed by atoms with E-state index < -0.39 is 0 Å². The maximum absolute atomic E-state index is 12.3. The summed E-state index contributed by atoms with van der Waals surface area (Å²) in [7, 11) is 0. The number of aromatic nitrogens is 1. The summed E-state index contributed by atoms with van der Waals surface area (Å²) in [5.41, 5.74) is 4.53. The van der Waals surface area contributed by atoms with Crippen LogP contribution in [0.3, 0.4) is 0 Å². The second-order valence-corrected chi connectivity index (χ2v) is 9.10. The molecule has 0 saturated heterocycles. The van der Waals surface area contributed by atoms with E-state index >= 15 is 0 Å². The Morgan fingerprint density at radius 3 is 2.81 bits per heavy atom. The molecule has 0 radical (unpaired) electrons. The number of hydrogen-bond acceptors (Lipinski definition) is 6. The van der Waals surface area contributed by atoms with Crippen molar-refractivity contribution in [2.45, 2.75) is 15.9 Å². The number of furan rings is 1. The number of amides is 1. The number of nitrogens with one attached hydrogen (secondary N) is 1. The Labute approximate surface area is 186 Å². The Hall–Kier alpha value is -3.42. The van der Waals surface area contributed by atoms with Gasteiger partial charge in [0, 0.05) is 0 Å². The SMILES string of the molecule is O=C(Cc1cccc2ccccc12)NN=Cc1ccc(Sc2nc3ccccc3s2)o1. The molecule has 2 heterocycles. The number of fused-ring (bicyclic) bond motifs is 2. The van der Waals surface area contributed by atoms with E-state index in [2.05, 4.69) is 21.6 Å². The summed E-state index contributed by atoms with van der Waals surface area (Å²) < 4.78 is 7.83. The highest BCUT2D eigenvalue weighted by Crippen LogP contribution is 2.34. The van der Waals surface area contributed by atoms with Gasteiger partial charge in [0.05, 0.1) is 22.9 Å². The summed E-state index contributed by atoms with van der Waals surface area (Å²) in [5, 5.41) is 6.95. The number of nitrogens with zero attached hydrogens (tertiary/aromatic N) is 2. The number of thiazole rings is 1. The Balaban J connectivity index is 1.20. The number of carbonyl (C=O) groups is 1. The molecule has 1 amide bonds. The minimum atomic E-state index is -0.178. The highest BCUT2D eigenvalue weighted by Gasteiger charge is 2.09. The molecule has 0 atom stereocenters. The number of rotatable bonds is 6. The van der Waals surface area contributed by atoms with Crippen LogP contribution in [0.2, 0.25) is 0 Å². The Kier molecular flexibility index (Phi) is 5.52. The summed E-state index contributed by atoms with van der Waals surface area (Å²) in [5.74, 6) is 0.386. The topological polar surface area (TPSA) is 67.5 Å². The molecule has 0 bridgehead atoms. The monoisotopic (exact) mass is 443 g/mol. The lowest BCUT2D eigenvalue weighted by Gasteiger charge is -2.05. The van der Waals surface area contributed by atoms with Gasteiger partial charge in [0.15, 0.2) is 9.43 Å². The van der Waals surface area contributed by atoms with E-state index in [4.69, 9.17) is 4.42 Å². The molecule has 0 fully saturated rings. The fraction of sp³-hybridized carbons (Fsp3) is 0.0417. The predicted molar refractivity (Wildman–Crippen MR) is 126 cm³/mol. The zero-order chi connectivity index (χ0) is 21.0. The summed E-state index contributed by atoms with van der Waals surface area (Å²) in [4.78, 5) is 16.9. The van der Waals surface area contributed by atoms with Crippen LogP contribution in [0.25, 0.3) is 21.0 Å².